The topological polar surface area (TPSA) is 73.2 Å². The number of piperidine rings is 1. The van der Waals surface area contributed by atoms with Crippen LogP contribution < -0.4 is 4.74 Å². The largest absolute Gasteiger partial charge is 0.504 e. The molecule has 0 aromatic heterocycles. The van der Waals surface area contributed by atoms with E-state index in [2.05, 4.69) is 23.1 Å². The molecule has 2 aromatic rings. The van der Waals surface area contributed by atoms with Crippen molar-refractivity contribution in [2.45, 2.75) is 74.1 Å². The number of phenolic OH excluding ortho intramolecular Hbond substituents is 1. The number of rotatable bonds is 5. The predicted octanol–water partition coefficient (Wildman–Crippen LogP) is 3.34. The van der Waals surface area contributed by atoms with E-state index < -0.39 is 11.0 Å². The molecule has 3 aliphatic heterocycles. The number of carbonyl (C=O) groups excluding carboxylic acids is 1. The Hall–Kier alpha value is -2.83. The summed E-state index contributed by atoms with van der Waals surface area (Å²) in [7, 11) is 0. The lowest BCUT2D eigenvalue weighted by atomic mass is 9.48. The van der Waals surface area contributed by atoms with Crippen molar-refractivity contribution in [1.29, 1.82) is 0 Å². The molecule has 0 radical (unpaired) electrons. The number of carbonyl (C=O) groups is 1. The average molecular weight is 499 g/mol. The van der Waals surface area contributed by atoms with Crippen molar-refractivity contribution in [3.63, 3.8) is 0 Å². The maximum Gasteiger partial charge on any atom is 0.250 e. The molecule has 3 aliphatic carbocycles. The molecule has 3 heterocycles. The van der Waals surface area contributed by atoms with Crippen LogP contribution in [0, 0.1) is 5.92 Å². The van der Waals surface area contributed by atoms with E-state index in [0.717, 1.165) is 48.5 Å². The molecule has 192 valence electrons. The Balaban J connectivity index is 1.16. The van der Waals surface area contributed by atoms with E-state index in [9.17, 15) is 15.0 Å². The van der Waals surface area contributed by atoms with Gasteiger partial charge in [0, 0.05) is 36.7 Å². The van der Waals surface area contributed by atoms with Gasteiger partial charge in [-0.1, -0.05) is 42.5 Å². The monoisotopic (exact) mass is 498 g/mol. The van der Waals surface area contributed by atoms with Gasteiger partial charge in [0.2, 0.25) is 0 Å². The predicted molar refractivity (Wildman–Crippen MR) is 139 cm³/mol. The minimum atomic E-state index is -0.920. The van der Waals surface area contributed by atoms with E-state index in [0.29, 0.717) is 31.6 Å². The minimum absolute atomic E-state index is 0.0536. The van der Waals surface area contributed by atoms with Crippen molar-refractivity contribution < 1.29 is 19.7 Å². The Labute approximate surface area is 217 Å². The van der Waals surface area contributed by atoms with Gasteiger partial charge in [-0.3, -0.25) is 9.69 Å². The van der Waals surface area contributed by atoms with Crippen molar-refractivity contribution in [3.05, 3.63) is 70.8 Å². The molecule has 3 fully saturated rings. The highest BCUT2D eigenvalue weighted by atomic mass is 16.5. The molecule has 2 N–H and O–H groups in total. The van der Waals surface area contributed by atoms with Gasteiger partial charge < -0.3 is 19.8 Å². The average Bonchev–Trinajstić information content (AvgIpc) is 3.55. The summed E-state index contributed by atoms with van der Waals surface area (Å²) in [5.74, 6) is 1.54. The molecule has 6 aliphatic rings. The summed E-state index contributed by atoms with van der Waals surface area (Å²) < 4.78 is 6.68. The second kappa shape index (κ2) is 7.61. The number of ether oxygens (including phenoxy) is 1. The number of phenols is 1. The molecule has 37 heavy (non-hydrogen) atoms. The first-order chi connectivity index (χ1) is 18.0. The van der Waals surface area contributed by atoms with Gasteiger partial charge in [0.25, 0.3) is 5.91 Å². The highest BCUT2D eigenvalue weighted by Crippen LogP contribution is 2.66. The normalized spacial score (nSPS) is 35.8. The molecule has 2 saturated carbocycles. The van der Waals surface area contributed by atoms with Crippen molar-refractivity contribution in [1.82, 2.24) is 9.80 Å². The lowest BCUT2D eigenvalue weighted by molar-refractivity contribution is -0.200. The molecule has 6 nitrogen and oxygen atoms in total. The number of hydrogen-bond acceptors (Lipinski definition) is 5. The van der Waals surface area contributed by atoms with Crippen LogP contribution in [0.2, 0.25) is 0 Å². The van der Waals surface area contributed by atoms with Crippen molar-refractivity contribution in [2.24, 2.45) is 5.92 Å². The number of hydrogen-bond donors (Lipinski definition) is 2. The van der Waals surface area contributed by atoms with Gasteiger partial charge in [0.05, 0.1) is 17.1 Å². The van der Waals surface area contributed by atoms with Crippen LogP contribution in [-0.2, 0) is 23.1 Å². The first-order valence-electron chi connectivity index (χ1n) is 14.0. The van der Waals surface area contributed by atoms with E-state index in [4.69, 9.17) is 4.74 Å². The van der Waals surface area contributed by atoms with Gasteiger partial charge in [0.1, 0.15) is 6.10 Å². The van der Waals surface area contributed by atoms with Crippen LogP contribution in [0.15, 0.2) is 54.1 Å². The standard InChI is InChI=1S/C31H34N2O4/c34-24-9-8-21-17-25-31(36)12-10-23(33-14-11-22(29(33)35)16-19-4-2-1-3-5-19)28-30(31,26(21)27(24)37-28)13-15-32(25)18-20-6-7-20/h1-5,8-9,11,20,23,25,28,34,36H,6-7,10,12-18H2/t23-,25+,28+,30+,31-/m1/s1. The van der Waals surface area contributed by atoms with Crippen LogP contribution in [0.25, 0.3) is 0 Å². The second-order valence-electron chi connectivity index (χ2n) is 12.2. The van der Waals surface area contributed by atoms with Crippen LogP contribution in [0.4, 0.5) is 0 Å². The molecule has 1 amide bonds. The quantitative estimate of drug-likeness (QED) is 0.662. The van der Waals surface area contributed by atoms with Crippen molar-refractivity contribution in [3.8, 4) is 11.5 Å². The Bertz CT molecular complexity index is 1320. The third-order valence-corrected chi connectivity index (χ3v) is 10.4. The zero-order chi connectivity index (χ0) is 24.9. The number of nitrogens with zero attached hydrogens (tertiary/aromatic N) is 2. The molecule has 2 aromatic carbocycles. The molecular weight excluding hydrogens is 464 g/mol. The molecule has 8 rings (SSSR count). The van der Waals surface area contributed by atoms with E-state index in [1.807, 2.05) is 29.2 Å². The second-order valence-corrected chi connectivity index (χ2v) is 12.2. The summed E-state index contributed by atoms with van der Waals surface area (Å²) in [4.78, 5) is 18.2. The fourth-order valence-electron chi connectivity index (χ4n) is 8.59. The number of benzene rings is 2. The molecule has 2 bridgehead atoms. The maximum absolute atomic E-state index is 13.7. The summed E-state index contributed by atoms with van der Waals surface area (Å²) in [6.07, 6.45) is 7.88. The third-order valence-electron chi connectivity index (χ3n) is 10.4. The minimum Gasteiger partial charge on any atom is -0.504 e. The maximum atomic E-state index is 13.7. The summed E-state index contributed by atoms with van der Waals surface area (Å²) >= 11 is 0. The Morgan fingerprint density at radius 1 is 1.05 bits per heavy atom. The first kappa shape index (κ1) is 22.2. The van der Waals surface area contributed by atoms with Gasteiger partial charge in [-0.15, -0.1) is 0 Å². The first-order valence-corrected chi connectivity index (χ1v) is 14.0. The lowest BCUT2D eigenvalue weighted by Gasteiger charge is -2.64. The molecule has 0 unspecified atom stereocenters. The summed E-state index contributed by atoms with van der Waals surface area (Å²) in [6.45, 7) is 2.57. The highest BCUT2D eigenvalue weighted by molar-refractivity contribution is 5.96. The van der Waals surface area contributed by atoms with Crippen molar-refractivity contribution >= 4 is 5.91 Å². The molecule has 1 saturated heterocycles. The van der Waals surface area contributed by atoms with Crippen LogP contribution in [0.3, 0.4) is 0 Å². The third kappa shape index (κ3) is 2.91. The summed E-state index contributed by atoms with van der Waals surface area (Å²) in [6, 6.07) is 13.9. The van der Waals surface area contributed by atoms with E-state index in [1.54, 1.807) is 6.07 Å². The van der Waals surface area contributed by atoms with Gasteiger partial charge in [-0.25, -0.2) is 0 Å². The molecule has 1 spiro atoms. The Morgan fingerprint density at radius 2 is 1.89 bits per heavy atom. The Kier molecular flexibility index (Phi) is 4.56. The summed E-state index contributed by atoms with van der Waals surface area (Å²) in [5, 5.41) is 23.5. The number of aliphatic hydroxyl groups is 1. The van der Waals surface area contributed by atoms with E-state index in [-0.39, 0.29) is 29.8 Å². The van der Waals surface area contributed by atoms with Gasteiger partial charge in [0.15, 0.2) is 11.5 Å². The smallest absolute Gasteiger partial charge is 0.250 e. The number of amides is 1. The number of aromatic hydroxyl groups is 1. The van der Waals surface area contributed by atoms with E-state index >= 15 is 0 Å². The van der Waals surface area contributed by atoms with Gasteiger partial charge >= 0.3 is 0 Å². The molecular formula is C31H34N2O4. The lowest BCUT2D eigenvalue weighted by Crippen LogP contribution is -2.78. The van der Waals surface area contributed by atoms with Gasteiger partial charge in [-0.2, -0.15) is 0 Å². The fraction of sp³-hybridized carbons (Fsp3) is 0.516. The van der Waals surface area contributed by atoms with Crippen LogP contribution in [-0.4, -0.2) is 69.3 Å². The van der Waals surface area contributed by atoms with Crippen molar-refractivity contribution in [2.75, 3.05) is 19.6 Å². The Morgan fingerprint density at radius 3 is 2.70 bits per heavy atom. The van der Waals surface area contributed by atoms with Crippen LogP contribution >= 0.6 is 0 Å². The zero-order valence-electron chi connectivity index (χ0n) is 21.1. The zero-order valence-corrected chi connectivity index (χ0v) is 21.1. The highest BCUT2D eigenvalue weighted by Gasteiger charge is 2.73. The van der Waals surface area contributed by atoms with Crippen LogP contribution in [0.1, 0.15) is 48.8 Å². The molecule has 5 atom stereocenters. The van der Waals surface area contributed by atoms with Gasteiger partial charge in [-0.05, 0) is 68.2 Å². The SMILES string of the molecule is O=C1C(Cc2ccccc2)=CCN1[C@@H]1CC[C@@]2(O)[C@@H]3Cc4ccc(O)c5c4[C@@]2(CCN3CC2CC2)[C@H]1O5. The fourth-order valence-corrected chi connectivity index (χ4v) is 8.59. The van der Waals surface area contributed by atoms with E-state index in [1.165, 1.54) is 18.4 Å². The van der Waals surface area contributed by atoms with Crippen LogP contribution in [0.5, 0.6) is 11.5 Å². The molecule has 6 heteroatoms. The summed E-state index contributed by atoms with van der Waals surface area (Å²) in [5.41, 5.74) is 2.68. The number of likely N-dealkylation sites (tertiary alicyclic amines) is 1.